The molecule has 0 heterocycles. The SMILES string of the molecule is COc1ccc(C(Cl)C(C)NCCOc2ccccc2C)cc1SOON.COc1ccc(C(O)C(C)NCCOc2ccccc2C)cc1SOON.Cl. The van der Waals surface area contributed by atoms with Crippen molar-refractivity contribution in [1.82, 2.24) is 10.6 Å². The summed E-state index contributed by atoms with van der Waals surface area (Å²) in [5.74, 6) is 12.8. The predicted octanol–water partition coefficient (Wildman–Crippen LogP) is 7.51. The van der Waals surface area contributed by atoms with E-state index in [0.717, 1.165) is 62.7 Å². The van der Waals surface area contributed by atoms with E-state index in [2.05, 4.69) is 24.9 Å². The van der Waals surface area contributed by atoms with Crippen LogP contribution in [0.4, 0.5) is 0 Å². The molecule has 17 heteroatoms. The summed E-state index contributed by atoms with van der Waals surface area (Å²) in [4.78, 5) is 9.64. The van der Waals surface area contributed by atoms with Crippen LogP contribution >= 0.6 is 48.1 Å². The van der Waals surface area contributed by atoms with Crippen LogP contribution in [0.25, 0.3) is 0 Å². The molecule has 0 aliphatic carbocycles. The number of aliphatic hydroxyl groups is 1. The van der Waals surface area contributed by atoms with Crippen LogP contribution in [0, 0.1) is 13.8 Å². The molecule has 13 nitrogen and oxygen atoms in total. The number of nitrogens with one attached hydrogen (secondary N) is 2. The van der Waals surface area contributed by atoms with Gasteiger partial charge in [0.25, 0.3) is 0 Å². The molecule has 0 aliphatic heterocycles. The molecule has 0 amide bonds. The average molecular weight is 844 g/mol. The van der Waals surface area contributed by atoms with Crippen molar-refractivity contribution in [3.05, 3.63) is 107 Å². The number of para-hydroxylation sites is 2. The van der Waals surface area contributed by atoms with E-state index >= 15 is 0 Å². The van der Waals surface area contributed by atoms with Gasteiger partial charge in [-0.2, -0.15) is 11.8 Å². The molecule has 0 aliphatic rings. The number of methoxy groups -OCH3 is 2. The van der Waals surface area contributed by atoms with Crippen molar-refractivity contribution in [2.75, 3.05) is 40.5 Å². The highest BCUT2D eigenvalue weighted by Crippen LogP contribution is 2.35. The van der Waals surface area contributed by atoms with Crippen LogP contribution in [0.3, 0.4) is 0 Å². The number of nitrogens with two attached hydrogens (primary N) is 2. The molecule has 4 aromatic rings. The van der Waals surface area contributed by atoms with Gasteiger partial charge in [0.05, 0.1) is 59.6 Å². The summed E-state index contributed by atoms with van der Waals surface area (Å²) in [7, 11) is 3.14. The first-order chi connectivity index (χ1) is 26.1. The van der Waals surface area contributed by atoms with Gasteiger partial charge < -0.3 is 34.7 Å². The van der Waals surface area contributed by atoms with Crippen LogP contribution < -0.4 is 41.4 Å². The second-order valence-electron chi connectivity index (χ2n) is 11.9. The number of alkyl halides is 1. The number of rotatable bonds is 22. The van der Waals surface area contributed by atoms with Gasteiger partial charge in [-0.3, -0.25) is 0 Å². The third kappa shape index (κ3) is 16.2. The summed E-state index contributed by atoms with van der Waals surface area (Å²) in [6, 6.07) is 26.7. The van der Waals surface area contributed by atoms with E-state index in [1.54, 1.807) is 32.4 Å². The fourth-order valence-electron chi connectivity index (χ4n) is 5.11. The van der Waals surface area contributed by atoms with Crippen molar-refractivity contribution in [2.24, 2.45) is 11.8 Å². The van der Waals surface area contributed by atoms with Gasteiger partial charge in [-0.25, -0.2) is 0 Å². The van der Waals surface area contributed by atoms with E-state index in [4.69, 9.17) is 46.7 Å². The predicted molar refractivity (Wildman–Crippen MR) is 219 cm³/mol. The van der Waals surface area contributed by atoms with Gasteiger partial charge in [0.15, 0.2) is 0 Å². The molecule has 0 bridgehead atoms. The highest BCUT2D eigenvalue weighted by Gasteiger charge is 2.20. The average Bonchev–Trinajstić information content (AvgIpc) is 3.19. The molecule has 4 unspecified atom stereocenters. The molecular formula is C38H52Cl2N4O9S2. The summed E-state index contributed by atoms with van der Waals surface area (Å²) in [6.45, 7) is 10.3. The van der Waals surface area contributed by atoms with E-state index in [1.165, 1.54) is 0 Å². The van der Waals surface area contributed by atoms with E-state index in [1.807, 2.05) is 94.4 Å². The topological polar surface area (TPSA) is 170 Å². The molecule has 304 valence electrons. The van der Waals surface area contributed by atoms with Crippen molar-refractivity contribution in [3.8, 4) is 23.0 Å². The number of ether oxygens (including phenoxy) is 4. The summed E-state index contributed by atoms with van der Waals surface area (Å²) in [5, 5.41) is 17.0. The minimum Gasteiger partial charge on any atom is -0.495 e. The summed E-state index contributed by atoms with van der Waals surface area (Å²) >= 11 is 8.50. The summed E-state index contributed by atoms with van der Waals surface area (Å²) < 4.78 is 31.5. The van der Waals surface area contributed by atoms with Gasteiger partial charge >= 0.3 is 0 Å². The van der Waals surface area contributed by atoms with E-state index in [9.17, 15) is 5.11 Å². The number of benzene rings is 4. The number of hydrogen-bond acceptors (Lipinski definition) is 15. The zero-order valence-electron chi connectivity index (χ0n) is 31.7. The maximum absolute atomic E-state index is 10.6. The Labute approximate surface area is 343 Å². The molecular weight excluding hydrogens is 791 g/mol. The van der Waals surface area contributed by atoms with Crippen LogP contribution in [0.5, 0.6) is 23.0 Å². The van der Waals surface area contributed by atoms with Crippen molar-refractivity contribution in [3.63, 3.8) is 0 Å². The van der Waals surface area contributed by atoms with Crippen LogP contribution in [0.15, 0.2) is 94.7 Å². The van der Waals surface area contributed by atoms with Gasteiger partial charge in [-0.05, 0) is 86.3 Å². The Morgan fingerprint density at radius 1 is 0.655 bits per heavy atom. The van der Waals surface area contributed by atoms with E-state index in [0.29, 0.717) is 42.7 Å². The lowest BCUT2D eigenvalue weighted by Crippen LogP contribution is -2.35. The van der Waals surface area contributed by atoms with Crippen molar-refractivity contribution < 1.29 is 42.7 Å². The Balaban J connectivity index is 0.000000373. The van der Waals surface area contributed by atoms with Gasteiger partial charge in [0.1, 0.15) is 36.2 Å². The second kappa shape index (κ2) is 26.8. The quantitative estimate of drug-likeness (QED) is 0.0173. The molecule has 0 saturated carbocycles. The van der Waals surface area contributed by atoms with Crippen LogP contribution in [0.1, 0.15) is 47.6 Å². The smallest absolute Gasteiger partial charge is 0.134 e. The molecule has 4 aromatic carbocycles. The summed E-state index contributed by atoms with van der Waals surface area (Å²) in [5.41, 5.74) is 3.87. The highest BCUT2D eigenvalue weighted by molar-refractivity contribution is 7.94. The normalized spacial score (nSPS) is 13.0. The first-order valence-electron chi connectivity index (χ1n) is 17.0. The number of halogens is 2. The molecule has 0 radical (unpaired) electrons. The second-order valence-corrected chi connectivity index (χ2v) is 13.8. The van der Waals surface area contributed by atoms with Crippen molar-refractivity contribution in [2.45, 2.75) is 61.1 Å². The standard InChI is InChI=1S/C19H25ClN2O4S.C19H26N2O5S.ClH/c1-13-6-4-5-7-16(13)24-11-10-22-14(2)19(20)15-8-9-17(23-3)18(12-15)27-26-25-21;1-13-6-4-5-7-16(13)24-11-10-21-14(2)19(22)15-8-9-17(23-3)18(12-15)27-26-25-20;/h4-9,12,14,19,22H,10-11,21H2,1-3H3;4-9,12,14,19,21-22H,10-11,20H2,1-3H3;1H. The Morgan fingerprint density at radius 3 is 1.55 bits per heavy atom. The van der Waals surface area contributed by atoms with E-state index < -0.39 is 6.10 Å². The lowest BCUT2D eigenvalue weighted by Gasteiger charge is -2.22. The molecule has 0 fully saturated rings. The fourth-order valence-corrected chi connectivity index (χ4v) is 6.39. The number of aliphatic hydroxyl groups excluding tert-OH is 1. The van der Waals surface area contributed by atoms with Gasteiger partial charge in [0.2, 0.25) is 0 Å². The maximum atomic E-state index is 10.6. The first kappa shape index (κ1) is 48.1. The molecule has 7 N–H and O–H groups in total. The maximum Gasteiger partial charge on any atom is 0.134 e. The largest absolute Gasteiger partial charge is 0.495 e. The molecule has 0 saturated heterocycles. The minimum atomic E-state index is -0.715. The van der Waals surface area contributed by atoms with Crippen LogP contribution in [-0.2, 0) is 18.6 Å². The third-order valence-electron chi connectivity index (χ3n) is 8.11. The fraction of sp³-hybridized carbons (Fsp3) is 0.368. The highest BCUT2D eigenvalue weighted by atomic mass is 35.5. The lowest BCUT2D eigenvalue weighted by atomic mass is 10.0. The van der Waals surface area contributed by atoms with Crippen molar-refractivity contribution >= 4 is 48.1 Å². The van der Waals surface area contributed by atoms with Gasteiger partial charge in [-0.1, -0.05) is 48.5 Å². The van der Waals surface area contributed by atoms with Crippen LogP contribution in [0.2, 0.25) is 0 Å². The number of hydrogen-bond donors (Lipinski definition) is 5. The first-order valence-corrected chi connectivity index (χ1v) is 19.0. The number of aryl methyl sites for hydroxylation is 2. The molecule has 4 rings (SSSR count). The van der Waals surface area contributed by atoms with Gasteiger partial charge in [0, 0.05) is 25.2 Å². The molecule has 4 atom stereocenters. The monoisotopic (exact) mass is 842 g/mol. The summed E-state index contributed by atoms with van der Waals surface area (Å²) in [6.07, 6.45) is -0.715. The third-order valence-corrected chi connectivity index (χ3v) is 10.0. The van der Waals surface area contributed by atoms with Gasteiger partial charge in [-0.15, -0.1) is 42.7 Å². The zero-order chi connectivity index (χ0) is 39.3. The Hall–Kier alpha value is -3.00. The Bertz CT molecular complexity index is 1560. The van der Waals surface area contributed by atoms with Crippen molar-refractivity contribution in [1.29, 1.82) is 0 Å². The Kier molecular flexibility index (Phi) is 23.4. The molecule has 55 heavy (non-hydrogen) atoms. The lowest BCUT2D eigenvalue weighted by molar-refractivity contribution is -0.195. The van der Waals surface area contributed by atoms with Crippen LogP contribution in [-0.4, -0.2) is 57.7 Å². The van der Waals surface area contributed by atoms with E-state index in [-0.39, 0.29) is 29.9 Å². The zero-order valence-corrected chi connectivity index (χ0v) is 34.9. The molecule has 0 aromatic heterocycles. The minimum absolute atomic E-state index is 0. The molecule has 0 spiro atoms. The Morgan fingerprint density at radius 2 is 1.09 bits per heavy atom.